The Bertz CT molecular complexity index is 893. The summed E-state index contributed by atoms with van der Waals surface area (Å²) < 4.78 is 0. The predicted molar refractivity (Wildman–Crippen MR) is 105 cm³/mol. The van der Waals surface area contributed by atoms with Gasteiger partial charge in [-0.05, 0) is 24.5 Å². The van der Waals surface area contributed by atoms with Crippen LogP contribution in [0.25, 0.3) is 0 Å². The first-order chi connectivity index (χ1) is 13.6. The lowest BCUT2D eigenvalue weighted by Crippen LogP contribution is -2.41. The molecular weight excluding hydrogens is 356 g/mol. The summed E-state index contributed by atoms with van der Waals surface area (Å²) in [6.07, 6.45) is 5.46. The maximum Gasteiger partial charge on any atom is 0.267 e. The summed E-state index contributed by atoms with van der Waals surface area (Å²) in [5.74, 6) is -0.123. The zero-order valence-corrected chi connectivity index (χ0v) is 15.4. The predicted octanol–water partition coefficient (Wildman–Crippen LogP) is 1.75. The zero-order chi connectivity index (χ0) is 19.5. The number of rotatable bonds is 4. The van der Waals surface area contributed by atoms with Crippen LogP contribution in [0.2, 0.25) is 0 Å². The highest BCUT2D eigenvalue weighted by molar-refractivity contribution is 5.90. The topological polar surface area (TPSA) is 105 Å². The van der Waals surface area contributed by atoms with Crippen molar-refractivity contribution in [3.63, 3.8) is 0 Å². The fourth-order valence-electron chi connectivity index (χ4n) is 3.73. The van der Waals surface area contributed by atoms with E-state index >= 15 is 0 Å². The van der Waals surface area contributed by atoms with Gasteiger partial charge in [0.1, 0.15) is 5.69 Å². The van der Waals surface area contributed by atoms with E-state index in [2.05, 4.69) is 15.1 Å². The number of aromatic nitrogens is 2. The van der Waals surface area contributed by atoms with Gasteiger partial charge in [0.05, 0.1) is 6.04 Å². The first-order valence-electron chi connectivity index (χ1n) is 9.42. The Morgan fingerprint density at radius 1 is 1.07 bits per heavy atom. The number of benzene rings is 1. The van der Waals surface area contributed by atoms with E-state index in [0.717, 1.165) is 12.0 Å². The van der Waals surface area contributed by atoms with Gasteiger partial charge in [-0.15, -0.1) is 0 Å². The lowest BCUT2D eigenvalue weighted by molar-refractivity contribution is -0.138. The molecule has 2 aromatic rings. The van der Waals surface area contributed by atoms with E-state index in [0.29, 0.717) is 31.9 Å². The Morgan fingerprint density at radius 2 is 1.82 bits per heavy atom. The molecule has 2 amide bonds. The van der Waals surface area contributed by atoms with Crippen molar-refractivity contribution in [3.05, 3.63) is 53.9 Å². The van der Waals surface area contributed by atoms with Gasteiger partial charge in [0.25, 0.3) is 5.91 Å². The van der Waals surface area contributed by atoms with E-state index in [1.165, 1.54) is 12.3 Å². The molecule has 4 rings (SSSR count). The van der Waals surface area contributed by atoms with Gasteiger partial charge in [-0.2, -0.15) is 5.10 Å². The largest absolute Gasteiger partial charge is 0.364 e. The van der Waals surface area contributed by atoms with Crippen LogP contribution in [0.1, 0.15) is 41.4 Å². The fraction of sp³-hybridized carbons (Fsp3) is 0.350. The quantitative estimate of drug-likeness (QED) is 0.873. The summed E-state index contributed by atoms with van der Waals surface area (Å²) in [5.41, 5.74) is 6.59. The van der Waals surface area contributed by atoms with Gasteiger partial charge in [0, 0.05) is 37.8 Å². The summed E-state index contributed by atoms with van der Waals surface area (Å²) in [6.45, 7) is 1.29. The Labute approximate surface area is 163 Å². The number of hydrazone groups is 1. The van der Waals surface area contributed by atoms with Crippen LogP contribution in [-0.4, -0.2) is 46.1 Å². The Hall–Kier alpha value is -3.29. The minimum atomic E-state index is -0.576. The van der Waals surface area contributed by atoms with Crippen molar-refractivity contribution in [1.29, 1.82) is 0 Å². The van der Waals surface area contributed by atoms with Crippen molar-refractivity contribution < 1.29 is 9.59 Å². The first kappa shape index (κ1) is 18.1. The van der Waals surface area contributed by atoms with Crippen molar-refractivity contribution in [2.75, 3.05) is 18.0 Å². The highest BCUT2D eigenvalue weighted by Crippen LogP contribution is 2.32. The van der Waals surface area contributed by atoms with Gasteiger partial charge in [0.2, 0.25) is 11.9 Å². The molecule has 1 aromatic heterocycles. The van der Waals surface area contributed by atoms with Crippen molar-refractivity contribution in [2.24, 2.45) is 16.8 Å². The standard InChI is InChI=1S/C20H22N6O2/c21-18(27)16-6-10-22-20(24-16)25-12-8-15(9-13-25)19(28)26-17(7-11-23-26)14-4-2-1-3-5-14/h1-6,10-11,15,17H,7-9,12-13H2,(H2,21,27). The lowest BCUT2D eigenvalue weighted by Gasteiger charge is -2.33. The van der Waals surface area contributed by atoms with Crippen LogP contribution in [0, 0.1) is 5.92 Å². The molecule has 1 aromatic carbocycles. The maximum atomic E-state index is 13.1. The van der Waals surface area contributed by atoms with E-state index in [9.17, 15) is 9.59 Å². The molecular formula is C20H22N6O2. The second-order valence-electron chi connectivity index (χ2n) is 7.01. The number of anilines is 1. The van der Waals surface area contributed by atoms with Crippen LogP contribution in [0.4, 0.5) is 5.95 Å². The van der Waals surface area contributed by atoms with Gasteiger partial charge in [-0.1, -0.05) is 30.3 Å². The summed E-state index contributed by atoms with van der Waals surface area (Å²) in [6, 6.07) is 11.5. The van der Waals surface area contributed by atoms with Crippen molar-refractivity contribution >= 4 is 24.0 Å². The van der Waals surface area contributed by atoms with Crippen LogP contribution >= 0.6 is 0 Å². The fourth-order valence-corrected chi connectivity index (χ4v) is 3.73. The number of carbonyl (C=O) groups excluding carboxylic acids is 2. The van der Waals surface area contributed by atoms with Crippen molar-refractivity contribution in [2.45, 2.75) is 25.3 Å². The molecule has 0 aliphatic carbocycles. The van der Waals surface area contributed by atoms with Gasteiger partial charge >= 0.3 is 0 Å². The zero-order valence-electron chi connectivity index (χ0n) is 15.4. The molecule has 1 atom stereocenters. The van der Waals surface area contributed by atoms with Crippen molar-refractivity contribution in [3.8, 4) is 0 Å². The molecule has 2 N–H and O–H groups in total. The molecule has 0 radical (unpaired) electrons. The summed E-state index contributed by atoms with van der Waals surface area (Å²) >= 11 is 0. The van der Waals surface area contributed by atoms with Gasteiger partial charge in [0.15, 0.2) is 0 Å². The molecule has 2 aliphatic rings. The summed E-state index contributed by atoms with van der Waals surface area (Å²) in [5, 5.41) is 5.98. The molecule has 1 saturated heterocycles. The number of nitrogens with zero attached hydrogens (tertiary/aromatic N) is 5. The van der Waals surface area contributed by atoms with E-state index in [4.69, 9.17) is 5.73 Å². The Kier molecular flexibility index (Phi) is 5.01. The molecule has 8 nitrogen and oxygen atoms in total. The second kappa shape index (κ2) is 7.75. The second-order valence-corrected chi connectivity index (χ2v) is 7.01. The Morgan fingerprint density at radius 3 is 2.54 bits per heavy atom. The van der Waals surface area contributed by atoms with E-state index in [1.54, 1.807) is 5.01 Å². The monoisotopic (exact) mass is 378 g/mol. The molecule has 0 spiro atoms. The molecule has 1 fully saturated rings. The number of nitrogens with two attached hydrogens (primary N) is 1. The summed E-state index contributed by atoms with van der Waals surface area (Å²) in [4.78, 5) is 34.8. The number of hydrogen-bond acceptors (Lipinski definition) is 6. The highest BCUT2D eigenvalue weighted by atomic mass is 16.2. The molecule has 28 heavy (non-hydrogen) atoms. The van der Waals surface area contributed by atoms with Crippen LogP contribution in [0.15, 0.2) is 47.7 Å². The number of carbonyl (C=O) groups is 2. The van der Waals surface area contributed by atoms with E-state index < -0.39 is 5.91 Å². The smallest absolute Gasteiger partial charge is 0.267 e. The van der Waals surface area contributed by atoms with Gasteiger partial charge in [-0.25, -0.2) is 15.0 Å². The van der Waals surface area contributed by atoms with Gasteiger partial charge in [-0.3, -0.25) is 9.59 Å². The molecule has 144 valence electrons. The molecule has 8 heteroatoms. The third-order valence-corrected chi connectivity index (χ3v) is 5.26. The highest BCUT2D eigenvalue weighted by Gasteiger charge is 2.35. The minimum Gasteiger partial charge on any atom is -0.364 e. The molecule has 1 unspecified atom stereocenters. The average Bonchev–Trinajstić information content (AvgIpc) is 3.24. The van der Waals surface area contributed by atoms with E-state index in [1.807, 2.05) is 41.4 Å². The van der Waals surface area contributed by atoms with Crippen molar-refractivity contribution in [1.82, 2.24) is 15.0 Å². The normalized spacial score (nSPS) is 19.8. The van der Waals surface area contributed by atoms with Crippen LogP contribution in [-0.2, 0) is 4.79 Å². The Balaban J connectivity index is 1.41. The molecule has 0 bridgehead atoms. The third-order valence-electron chi connectivity index (χ3n) is 5.26. The minimum absolute atomic E-state index is 0.0256. The van der Waals surface area contributed by atoms with Gasteiger partial charge < -0.3 is 10.6 Å². The summed E-state index contributed by atoms with van der Waals surface area (Å²) in [7, 11) is 0. The maximum absolute atomic E-state index is 13.1. The molecule has 0 saturated carbocycles. The van der Waals surface area contributed by atoms with Crippen LogP contribution < -0.4 is 10.6 Å². The van der Waals surface area contributed by atoms with Crippen LogP contribution in [0.5, 0.6) is 0 Å². The number of primary amides is 1. The van der Waals surface area contributed by atoms with E-state index in [-0.39, 0.29) is 23.6 Å². The third kappa shape index (κ3) is 3.58. The lowest BCUT2D eigenvalue weighted by atomic mass is 9.94. The average molecular weight is 378 g/mol. The first-order valence-corrected chi connectivity index (χ1v) is 9.42. The van der Waals surface area contributed by atoms with Crippen LogP contribution in [0.3, 0.4) is 0 Å². The number of hydrogen-bond donors (Lipinski definition) is 1. The SMILES string of the molecule is NC(=O)c1ccnc(N2CCC(C(=O)N3N=CCC3c3ccccc3)CC2)n1. The number of piperidine rings is 1. The number of amides is 2. The molecule has 3 heterocycles. The molecule has 2 aliphatic heterocycles.